The van der Waals surface area contributed by atoms with Crippen molar-refractivity contribution in [2.24, 2.45) is 0 Å². The van der Waals surface area contributed by atoms with E-state index < -0.39 is 5.63 Å². The largest absolute Gasteiger partial charge is 0.422 e. The normalized spacial score (nSPS) is 11.0. The minimum atomic E-state index is -0.491. The molecule has 23 heavy (non-hydrogen) atoms. The Kier molecular flexibility index (Phi) is 3.05. The van der Waals surface area contributed by atoms with E-state index >= 15 is 0 Å². The van der Waals surface area contributed by atoms with Gasteiger partial charge in [-0.2, -0.15) is 4.98 Å². The Morgan fingerprint density at radius 3 is 2.65 bits per heavy atom. The molecule has 2 aromatic heterocycles. The Morgan fingerprint density at radius 1 is 1.00 bits per heavy atom. The number of nitrogens with zero attached hydrogens (tertiary/aromatic N) is 2. The van der Waals surface area contributed by atoms with Crippen LogP contribution in [0.4, 0.5) is 0 Å². The second-order valence-electron chi connectivity index (χ2n) is 5.23. The highest BCUT2D eigenvalue weighted by Gasteiger charge is 2.16. The standard InChI is InChI=1S/C18H12N2O3/c1-11-6-5-9-13-10-14(18(21)22-15(11)13)17-19-16(20-23-17)12-7-3-2-4-8-12/h2-10H,1H3. The molecule has 5 nitrogen and oxygen atoms in total. The molecule has 0 atom stereocenters. The maximum atomic E-state index is 12.2. The summed E-state index contributed by atoms with van der Waals surface area (Å²) in [5.74, 6) is 0.588. The van der Waals surface area contributed by atoms with Crippen molar-refractivity contribution >= 4 is 11.0 Å². The summed E-state index contributed by atoms with van der Waals surface area (Å²) in [6, 6.07) is 16.8. The fourth-order valence-corrected chi connectivity index (χ4v) is 2.48. The van der Waals surface area contributed by atoms with Crippen LogP contribution in [-0.2, 0) is 0 Å². The van der Waals surface area contributed by atoms with Crippen molar-refractivity contribution in [3.63, 3.8) is 0 Å². The molecule has 2 heterocycles. The van der Waals surface area contributed by atoms with Crippen LogP contribution in [0.2, 0.25) is 0 Å². The van der Waals surface area contributed by atoms with Crippen LogP contribution >= 0.6 is 0 Å². The summed E-state index contributed by atoms with van der Waals surface area (Å²) in [7, 11) is 0. The molecule has 0 bridgehead atoms. The van der Waals surface area contributed by atoms with Gasteiger partial charge in [-0.05, 0) is 18.6 Å². The number of aromatic nitrogens is 2. The fraction of sp³-hybridized carbons (Fsp3) is 0.0556. The quantitative estimate of drug-likeness (QED) is 0.527. The van der Waals surface area contributed by atoms with Gasteiger partial charge >= 0.3 is 5.63 Å². The summed E-state index contributed by atoms with van der Waals surface area (Å²) < 4.78 is 10.7. The number of hydrogen-bond acceptors (Lipinski definition) is 5. The minimum Gasteiger partial charge on any atom is -0.422 e. The van der Waals surface area contributed by atoms with E-state index in [1.54, 1.807) is 6.07 Å². The molecule has 0 saturated heterocycles. The van der Waals surface area contributed by atoms with E-state index in [9.17, 15) is 4.79 Å². The number of rotatable bonds is 2. The molecule has 0 aliphatic heterocycles. The third-order valence-electron chi connectivity index (χ3n) is 3.65. The van der Waals surface area contributed by atoms with Crippen molar-refractivity contribution in [1.82, 2.24) is 10.1 Å². The molecular weight excluding hydrogens is 292 g/mol. The molecule has 2 aromatic carbocycles. The van der Waals surface area contributed by atoms with Crippen LogP contribution in [0.1, 0.15) is 5.56 Å². The first-order chi connectivity index (χ1) is 11.2. The molecule has 0 spiro atoms. The van der Waals surface area contributed by atoms with Crippen LogP contribution in [0.25, 0.3) is 33.8 Å². The van der Waals surface area contributed by atoms with E-state index in [0.717, 1.165) is 16.5 Å². The Morgan fingerprint density at radius 2 is 1.83 bits per heavy atom. The van der Waals surface area contributed by atoms with Crippen molar-refractivity contribution in [2.75, 3.05) is 0 Å². The van der Waals surface area contributed by atoms with Gasteiger partial charge in [0.1, 0.15) is 11.1 Å². The summed E-state index contributed by atoms with van der Waals surface area (Å²) in [5, 5.41) is 4.75. The summed E-state index contributed by atoms with van der Waals surface area (Å²) in [5.41, 5.74) is 2.07. The van der Waals surface area contributed by atoms with Crippen LogP contribution in [-0.4, -0.2) is 10.1 Å². The third-order valence-corrected chi connectivity index (χ3v) is 3.65. The molecule has 0 radical (unpaired) electrons. The molecule has 0 amide bonds. The zero-order chi connectivity index (χ0) is 15.8. The van der Waals surface area contributed by atoms with Gasteiger partial charge in [-0.15, -0.1) is 0 Å². The van der Waals surface area contributed by atoms with E-state index in [1.165, 1.54) is 0 Å². The van der Waals surface area contributed by atoms with Gasteiger partial charge in [0.05, 0.1) is 0 Å². The van der Waals surface area contributed by atoms with Crippen molar-refractivity contribution in [2.45, 2.75) is 6.92 Å². The van der Waals surface area contributed by atoms with Gasteiger partial charge in [0.15, 0.2) is 0 Å². The Hall–Kier alpha value is -3.21. The second-order valence-corrected chi connectivity index (χ2v) is 5.23. The number of hydrogen-bond donors (Lipinski definition) is 0. The van der Waals surface area contributed by atoms with Gasteiger partial charge in [0, 0.05) is 10.9 Å². The average Bonchev–Trinajstić information content (AvgIpc) is 3.06. The highest BCUT2D eigenvalue weighted by atomic mass is 16.5. The molecule has 0 N–H and O–H groups in total. The highest BCUT2D eigenvalue weighted by molar-refractivity contribution is 5.82. The molecule has 4 rings (SSSR count). The molecule has 112 valence electrons. The lowest BCUT2D eigenvalue weighted by Gasteiger charge is -2.01. The van der Waals surface area contributed by atoms with Gasteiger partial charge in [0.2, 0.25) is 5.82 Å². The molecule has 4 aromatic rings. The van der Waals surface area contributed by atoms with Gasteiger partial charge < -0.3 is 8.94 Å². The Labute approximate surface area is 131 Å². The zero-order valence-corrected chi connectivity index (χ0v) is 12.3. The average molecular weight is 304 g/mol. The van der Waals surface area contributed by atoms with Crippen molar-refractivity contribution in [3.05, 3.63) is 70.6 Å². The summed E-state index contributed by atoms with van der Waals surface area (Å²) in [6.07, 6.45) is 0. The fourth-order valence-electron chi connectivity index (χ4n) is 2.48. The van der Waals surface area contributed by atoms with Crippen molar-refractivity contribution in [1.29, 1.82) is 0 Å². The first-order valence-electron chi connectivity index (χ1n) is 7.15. The van der Waals surface area contributed by atoms with E-state index in [4.69, 9.17) is 8.94 Å². The highest BCUT2D eigenvalue weighted by Crippen LogP contribution is 2.24. The number of para-hydroxylation sites is 1. The van der Waals surface area contributed by atoms with Crippen LogP contribution < -0.4 is 5.63 Å². The molecule has 0 saturated carbocycles. The van der Waals surface area contributed by atoms with Gasteiger partial charge in [-0.3, -0.25) is 0 Å². The summed E-state index contributed by atoms with van der Waals surface area (Å²) in [4.78, 5) is 16.5. The van der Waals surface area contributed by atoms with Crippen LogP contribution in [0, 0.1) is 6.92 Å². The van der Waals surface area contributed by atoms with E-state index in [2.05, 4.69) is 10.1 Å². The monoisotopic (exact) mass is 304 g/mol. The Balaban J connectivity index is 1.85. The van der Waals surface area contributed by atoms with Crippen LogP contribution in [0.3, 0.4) is 0 Å². The maximum Gasteiger partial charge on any atom is 0.349 e. The SMILES string of the molecule is Cc1cccc2cc(-c3nc(-c4ccccc4)no3)c(=O)oc12. The number of benzene rings is 2. The Bertz CT molecular complexity index is 1050. The predicted molar refractivity (Wildman–Crippen MR) is 85.9 cm³/mol. The van der Waals surface area contributed by atoms with Crippen LogP contribution in [0.15, 0.2) is 68.3 Å². The van der Waals surface area contributed by atoms with E-state index in [-0.39, 0.29) is 11.5 Å². The summed E-state index contributed by atoms with van der Waals surface area (Å²) in [6.45, 7) is 1.89. The number of fused-ring (bicyclic) bond motifs is 1. The third kappa shape index (κ3) is 2.32. The summed E-state index contributed by atoms with van der Waals surface area (Å²) >= 11 is 0. The first kappa shape index (κ1) is 13.5. The topological polar surface area (TPSA) is 69.1 Å². The van der Waals surface area contributed by atoms with Crippen molar-refractivity contribution in [3.8, 4) is 22.8 Å². The second kappa shape index (κ2) is 5.21. The lowest BCUT2D eigenvalue weighted by Crippen LogP contribution is -2.03. The molecular formula is C18H12N2O3. The van der Waals surface area contributed by atoms with Gasteiger partial charge in [-0.25, -0.2) is 4.79 Å². The number of aryl methyl sites for hydroxylation is 1. The lowest BCUT2D eigenvalue weighted by atomic mass is 10.1. The molecule has 5 heteroatoms. The molecule has 0 aliphatic rings. The van der Waals surface area contributed by atoms with E-state index in [0.29, 0.717) is 11.4 Å². The van der Waals surface area contributed by atoms with E-state index in [1.807, 2.05) is 55.5 Å². The molecule has 0 fully saturated rings. The van der Waals surface area contributed by atoms with Gasteiger partial charge in [-0.1, -0.05) is 53.7 Å². The zero-order valence-electron chi connectivity index (χ0n) is 12.3. The first-order valence-corrected chi connectivity index (χ1v) is 7.15. The molecule has 0 unspecified atom stereocenters. The maximum absolute atomic E-state index is 12.2. The minimum absolute atomic E-state index is 0.154. The van der Waals surface area contributed by atoms with Crippen LogP contribution in [0.5, 0.6) is 0 Å². The lowest BCUT2D eigenvalue weighted by molar-refractivity contribution is 0.429. The van der Waals surface area contributed by atoms with Crippen molar-refractivity contribution < 1.29 is 8.94 Å². The van der Waals surface area contributed by atoms with Gasteiger partial charge in [0.25, 0.3) is 5.89 Å². The molecule has 0 aliphatic carbocycles. The smallest absolute Gasteiger partial charge is 0.349 e. The predicted octanol–water partition coefficient (Wildman–Crippen LogP) is 3.82.